The monoisotopic (exact) mass is 370 g/mol. The van der Waals surface area contributed by atoms with Crippen molar-refractivity contribution in [2.75, 3.05) is 7.11 Å². The lowest BCUT2D eigenvalue weighted by molar-refractivity contribution is -0.140. The van der Waals surface area contributed by atoms with Crippen LogP contribution >= 0.6 is 0 Å². The van der Waals surface area contributed by atoms with Gasteiger partial charge in [-0.05, 0) is 35.9 Å². The van der Waals surface area contributed by atoms with Gasteiger partial charge in [0.05, 0.1) is 18.8 Å². The van der Waals surface area contributed by atoms with Crippen molar-refractivity contribution in [1.82, 2.24) is 19.7 Å². The zero-order chi connectivity index (χ0) is 19.0. The molecule has 0 saturated heterocycles. The maximum atomic E-state index is 12.9. The highest BCUT2D eigenvalue weighted by atomic mass is 19.4. The van der Waals surface area contributed by atoms with Crippen LogP contribution in [0.5, 0.6) is 5.75 Å². The molecule has 136 valence electrons. The Kier molecular flexibility index (Phi) is 4.02. The summed E-state index contributed by atoms with van der Waals surface area (Å²) in [6.07, 6.45) is 0.335. The van der Waals surface area contributed by atoms with Crippen LogP contribution in [-0.4, -0.2) is 26.9 Å². The first-order valence-corrected chi connectivity index (χ1v) is 7.98. The molecule has 0 aliphatic heterocycles. The van der Waals surface area contributed by atoms with Gasteiger partial charge >= 0.3 is 6.18 Å². The van der Waals surface area contributed by atoms with E-state index in [2.05, 4.69) is 15.1 Å². The maximum absolute atomic E-state index is 12.9. The number of aromatic nitrogens is 4. The van der Waals surface area contributed by atoms with Gasteiger partial charge in [-0.1, -0.05) is 12.1 Å². The molecule has 0 atom stereocenters. The molecule has 4 rings (SSSR count). The predicted octanol–water partition coefficient (Wildman–Crippen LogP) is 4.51. The molecule has 0 unspecified atom stereocenters. The molecular weight excluding hydrogens is 357 g/mol. The normalized spacial score (nSPS) is 11.7. The molecule has 4 aromatic rings. The first kappa shape index (κ1) is 17.0. The van der Waals surface area contributed by atoms with Crippen molar-refractivity contribution in [1.29, 1.82) is 0 Å². The number of fused-ring (bicyclic) bond motifs is 1. The van der Waals surface area contributed by atoms with E-state index in [0.29, 0.717) is 17.0 Å². The highest BCUT2D eigenvalue weighted by Gasteiger charge is 2.32. The molecular formula is C19H13F3N4O. The second-order valence-electron chi connectivity index (χ2n) is 5.80. The van der Waals surface area contributed by atoms with Crippen molar-refractivity contribution < 1.29 is 17.9 Å². The number of rotatable bonds is 3. The number of halogens is 3. The molecule has 0 spiro atoms. The number of hydrogen-bond acceptors (Lipinski definition) is 4. The van der Waals surface area contributed by atoms with Crippen LogP contribution in [0.3, 0.4) is 0 Å². The van der Waals surface area contributed by atoms with Gasteiger partial charge in [-0.25, -0.2) is 14.6 Å². The zero-order valence-corrected chi connectivity index (χ0v) is 14.1. The van der Waals surface area contributed by atoms with Crippen LogP contribution in [0.4, 0.5) is 13.2 Å². The lowest BCUT2D eigenvalue weighted by Gasteiger charge is -2.09. The largest absolute Gasteiger partial charge is 0.497 e. The summed E-state index contributed by atoms with van der Waals surface area (Å²) >= 11 is 0. The van der Waals surface area contributed by atoms with E-state index in [-0.39, 0.29) is 5.52 Å². The summed E-state index contributed by atoms with van der Waals surface area (Å²) < 4.78 is 45.4. The molecule has 0 bridgehead atoms. The fourth-order valence-corrected chi connectivity index (χ4v) is 2.77. The van der Waals surface area contributed by atoms with E-state index in [0.717, 1.165) is 17.2 Å². The molecule has 0 radical (unpaired) electrons. The van der Waals surface area contributed by atoms with Crippen LogP contribution in [0, 0.1) is 0 Å². The Labute approximate surface area is 152 Å². The SMILES string of the molecule is COc1cccc(-c2cnn(-c3nccc4nc(C(F)(F)F)ccc34)c2)c1. The molecule has 3 heterocycles. The average Bonchev–Trinajstić information content (AvgIpc) is 3.16. The van der Waals surface area contributed by atoms with E-state index < -0.39 is 11.9 Å². The van der Waals surface area contributed by atoms with Crippen LogP contribution < -0.4 is 4.74 Å². The van der Waals surface area contributed by atoms with Crippen LogP contribution in [0.2, 0.25) is 0 Å². The van der Waals surface area contributed by atoms with Crippen LogP contribution in [0.25, 0.3) is 27.8 Å². The Balaban J connectivity index is 1.78. The van der Waals surface area contributed by atoms with Gasteiger partial charge in [-0.15, -0.1) is 0 Å². The summed E-state index contributed by atoms with van der Waals surface area (Å²) in [5.74, 6) is 1.12. The molecule has 0 fully saturated rings. The number of ether oxygens (including phenoxy) is 1. The van der Waals surface area contributed by atoms with Gasteiger partial charge in [0.25, 0.3) is 0 Å². The number of benzene rings is 1. The van der Waals surface area contributed by atoms with Crippen LogP contribution in [0.1, 0.15) is 5.69 Å². The second kappa shape index (κ2) is 6.39. The standard InChI is InChI=1S/C19H13F3N4O/c1-27-14-4-2-3-12(9-14)13-10-24-26(11-13)18-15-5-6-17(19(20,21)22)25-16(15)7-8-23-18/h2-11H,1H3. The molecule has 0 aliphatic carbocycles. The van der Waals surface area contributed by atoms with E-state index in [1.807, 2.05) is 24.3 Å². The van der Waals surface area contributed by atoms with Crippen molar-refractivity contribution in [3.63, 3.8) is 0 Å². The third-order valence-electron chi connectivity index (χ3n) is 4.09. The first-order chi connectivity index (χ1) is 13.0. The molecule has 0 aliphatic rings. The van der Waals surface area contributed by atoms with E-state index in [9.17, 15) is 13.2 Å². The first-order valence-electron chi connectivity index (χ1n) is 7.98. The summed E-state index contributed by atoms with van der Waals surface area (Å²) in [6.45, 7) is 0. The van der Waals surface area contributed by atoms with Gasteiger partial charge in [-0.3, -0.25) is 0 Å². The van der Waals surface area contributed by atoms with E-state index in [4.69, 9.17) is 4.74 Å². The van der Waals surface area contributed by atoms with Crippen molar-refractivity contribution in [2.24, 2.45) is 0 Å². The molecule has 5 nitrogen and oxygen atoms in total. The van der Waals surface area contributed by atoms with E-state index in [1.165, 1.54) is 23.0 Å². The number of alkyl halides is 3. The third kappa shape index (κ3) is 3.21. The fraction of sp³-hybridized carbons (Fsp3) is 0.105. The Hall–Kier alpha value is -3.42. The molecule has 0 amide bonds. The van der Waals surface area contributed by atoms with E-state index >= 15 is 0 Å². The van der Waals surface area contributed by atoms with Gasteiger partial charge < -0.3 is 4.74 Å². The van der Waals surface area contributed by atoms with Gasteiger partial charge in [0, 0.05) is 23.3 Å². The summed E-state index contributed by atoms with van der Waals surface area (Å²) in [4.78, 5) is 7.96. The van der Waals surface area contributed by atoms with Gasteiger partial charge in [0.1, 0.15) is 11.4 Å². The molecule has 3 aromatic heterocycles. The van der Waals surface area contributed by atoms with Crippen molar-refractivity contribution in [2.45, 2.75) is 6.18 Å². The maximum Gasteiger partial charge on any atom is 0.433 e. The quantitative estimate of drug-likeness (QED) is 0.532. The minimum Gasteiger partial charge on any atom is -0.497 e. The van der Waals surface area contributed by atoms with Crippen molar-refractivity contribution in [3.8, 4) is 22.7 Å². The Morgan fingerprint density at radius 1 is 1.04 bits per heavy atom. The Morgan fingerprint density at radius 2 is 1.89 bits per heavy atom. The van der Waals surface area contributed by atoms with E-state index in [1.54, 1.807) is 19.5 Å². The van der Waals surface area contributed by atoms with Crippen molar-refractivity contribution in [3.05, 3.63) is 66.7 Å². The minimum absolute atomic E-state index is 0.202. The third-order valence-corrected chi connectivity index (χ3v) is 4.09. The lowest BCUT2D eigenvalue weighted by Crippen LogP contribution is -2.08. The molecule has 0 saturated carbocycles. The molecule has 8 heteroatoms. The van der Waals surface area contributed by atoms with Gasteiger partial charge in [-0.2, -0.15) is 18.3 Å². The summed E-state index contributed by atoms with van der Waals surface area (Å²) in [5, 5.41) is 4.78. The molecule has 27 heavy (non-hydrogen) atoms. The summed E-state index contributed by atoms with van der Waals surface area (Å²) in [5.41, 5.74) is 0.990. The molecule has 0 N–H and O–H groups in total. The average molecular weight is 370 g/mol. The van der Waals surface area contributed by atoms with Gasteiger partial charge in [0.2, 0.25) is 0 Å². The molecule has 1 aromatic carbocycles. The lowest BCUT2D eigenvalue weighted by atomic mass is 10.1. The van der Waals surface area contributed by atoms with Crippen LogP contribution in [0.15, 0.2) is 61.1 Å². The summed E-state index contributed by atoms with van der Waals surface area (Å²) in [6, 6.07) is 11.2. The Bertz CT molecular complexity index is 1120. The second-order valence-corrected chi connectivity index (χ2v) is 5.80. The number of methoxy groups -OCH3 is 1. The van der Waals surface area contributed by atoms with Crippen molar-refractivity contribution >= 4 is 10.9 Å². The van der Waals surface area contributed by atoms with Crippen LogP contribution in [-0.2, 0) is 6.18 Å². The minimum atomic E-state index is -4.50. The number of nitrogens with zero attached hydrogens (tertiary/aromatic N) is 4. The summed E-state index contributed by atoms with van der Waals surface area (Å²) in [7, 11) is 1.59. The highest BCUT2D eigenvalue weighted by molar-refractivity contribution is 5.85. The number of hydrogen-bond donors (Lipinski definition) is 0. The topological polar surface area (TPSA) is 52.8 Å². The van der Waals surface area contributed by atoms with Gasteiger partial charge in [0.15, 0.2) is 5.82 Å². The highest BCUT2D eigenvalue weighted by Crippen LogP contribution is 2.30. The number of pyridine rings is 2. The smallest absolute Gasteiger partial charge is 0.433 e. The predicted molar refractivity (Wildman–Crippen MR) is 93.7 cm³/mol. The Morgan fingerprint density at radius 3 is 2.67 bits per heavy atom. The fourth-order valence-electron chi connectivity index (χ4n) is 2.77. The zero-order valence-electron chi connectivity index (χ0n) is 14.1.